The van der Waals surface area contributed by atoms with Gasteiger partial charge in [0.15, 0.2) is 0 Å². The molecule has 0 saturated carbocycles. The molecule has 1 aliphatic heterocycles. The molecule has 0 aliphatic carbocycles. The standard InChI is InChI=1S/C30H35NO2/c1-21-17-24(26-14-10-9-11-22(26)2)19-25(18-21)28-20-31(29(32)33-30(3,4)5)16-15-27(28)23-12-7-6-8-13-23/h6-14,17-19,27-28H,15-16,20H2,1-5H3/t27-,28+/m1/s1. The van der Waals surface area contributed by atoms with Crippen molar-refractivity contribution in [1.29, 1.82) is 0 Å². The molecule has 0 unspecified atom stereocenters. The molecule has 33 heavy (non-hydrogen) atoms. The van der Waals surface area contributed by atoms with Crippen molar-refractivity contribution in [3.05, 3.63) is 95.1 Å². The van der Waals surface area contributed by atoms with Gasteiger partial charge >= 0.3 is 6.09 Å². The Morgan fingerprint density at radius 1 is 0.879 bits per heavy atom. The van der Waals surface area contributed by atoms with Gasteiger partial charge in [0.2, 0.25) is 0 Å². The SMILES string of the molecule is Cc1cc(-c2ccccc2C)cc([C@@H]2CN(C(=O)OC(C)(C)C)CC[C@@H]2c2ccccc2)c1. The zero-order chi connectivity index (χ0) is 23.6. The van der Waals surface area contributed by atoms with Gasteiger partial charge in [-0.05, 0) is 74.8 Å². The Morgan fingerprint density at radius 2 is 1.58 bits per heavy atom. The van der Waals surface area contributed by atoms with Gasteiger partial charge in [0.05, 0.1) is 0 Å². The van der Waals surface area contributed by atoms with Crippen molar-refractivity contribution in [2.24, 2.45) is 0 Å². The number of rotatable bonds is 3. The van der Waals surface area contributed by atoms with Crippen molar-refractivity contribution in [3.63, 3.8) is 0 Å². The summed E-state index contributed by atoms with van der Waals surface area (Å²) in [6.45, 7) is 11.5. The molecule has 0 radical (unpaired) electrons. The lowest BCUT2D eigenvalue weighted by Crippen LogP contribution is -2.44. The molecule has 172 valence electrons. The summed E-state index contributed by atoms with van der Waals surface area (Å²) in [5.41, 5.74) is 7.15. The number of amides is 1. The van der Waals surface area contributed by atoms with Crippen LogP contribution < -0.4 is 0 Å². The monoisotopic (exact) mass is 441 g/mol. The number of nitrogens with zero attached hydrogens (tertiary/aromatic N) is 1. The number of ether oxygens (including phenoxy) is 1. The van der Waals surface area contributed by atoms with Crippen molar-refractivity contribution < 1.29 is 9.53 Å². The van der Waals surface area contributed by atoms with Crippen LogP contribution in [-0.2, 0) is 4.74 Å². The lowest BCUT2D eigenvalue weighted by atomic mass is 9.76. The van der Waals surface area contributed by atoms with Crippen LogP contribution in [0, 0.1) is 13.8 Å². The maximum absolute atomic E-state index is 12.9. The molecule has 3 heteroatoms. The second-order valence-corrected chi connectivity index (χ2v) is 10.3. The van der Waals surface area contributed by atoms with Gasteiger partial charge in [0.1, 0.15) is 5.60 Å². The molecule has 2 atom stereocenters. The number of aryl methyl sites for hydroxylation is 2. The van der Waals surface area contributed by atoms with Crippen molar-refractivity contribution in [2.75, 3.05) is 13.1 Å². The number of piperidine rings is 1. The first kappa shape index (κ1) is 23.1. The molecule has 3 nitrogen and oxygen atoms in total. The molecule has 0 spiro atoms. The summed E-state index contributed by atoms with van der Waals surface area (Å²) < 4.78 is 5.72. The smallest absolute Gasteiger partial charge is 0.410 e. The van der Waals surface area contributed by atoms with E-state index in [2.05, 4.69) is 86.6 Å². The van der Waals surface area contributed by atoms with Crippen molar-refractivity contribution >= 4 is 6.09 Å². The van der Waals surface area contributed by atoms with Crippen LogP contribution in [0.2, 0.25) is 0 Å². The van der Waals surface area contributed by atoms with Crippen molar-refractivity contribution in [3.8, 4) is 11.1 Å². The van der Waals surface area contributed by atoms with Gasteiger partial charge in [-0.25, -0.2) is 4.79 Å². The van der Waals surface area contributed by atoms with Crippen LogP contribution in [0.4, 0.5) is 4.79 Å². The highest BCUT2D eigenvalue weighted by Gasteiger charge is 2.35. The van der Waals surface area contributed by atoms with E-state index in [1.807, 2.05) is 25.7 Å². The first-order chi connectivity index (χ1) is 15.7. The Labute approximate surface area is 198 Å². The highest BCUT2D eigenvalue weighted by Crippen LogP contribution is 2.41. The topological polar surface area (TPSA) is 29.5 Å². The van der Waals surface area contributed by atoms with Gasteiger partial charge in [-0.2, -0.15) is 0 Å². The van der Waals surface area contributed by atoms with Crippen LogP contribution in [0.15, 0.2) is 72.8 Å². The largest absolute Gasteiger partial charge is 0.444 e. The molecular weight excluding hydrogens is 406 g/mol. The van der Waals surface area contributed by atoms with Crippen molar-refractivity contribution in [1.82, 2.24) is 4.90 Å². The van der Waals surface area contributed by atoms with Gasteiger partial charge in [0, 0.05) is 19.0 Å². The van der Waals surface area contributed by atoms with Gasteiger partial charge in [-0.1, -0.05) is 78.4 Å². The number of hydrogen-bond donors (Lipinski definition) is 0. The predicted molar refractivity (Wildman–Crippen MR) is 136 cm³/mol. The van der Waals surface area contributed by atoms with Crippen LogP contribution in [0.1, 0.15) is 61.3 Å². The molecule has 0 N–H and O–H groups in total. The van der Waals surface area contributed by atoms with Gasteiger partial charge in [-0.15, -0.1) is 0 Å². The Morgan fingerprint density at radius 3 is 2.27 bits per heavy atom. The summed E-state index contributed by atoms with van der Waals surface area (Å²) in [6.07, 6.45) is 0.701. The van der Waals surface area contributed by atoms with E-state index in [0.717, 1.165) is 6.42 Å². The van der Waals surface area contributed by atoms with Crippen LogP contribution >= 0.6 is 0 Å². The fraction of sp³-hybridized carbons (Fsp3) is 0.367. The number of likely N-dealkylation sites (tertiary alicyclic amines) is 1. The Balaban J connectivity index is 1.73. The predicted octanol–water partition coefficient (Wildman–Crippen LogP) is 7.48. The third-order valence-electron chi connectivity index (χ3n) is 6.48. The van der Waals surface area contributed by atoms with Gasteiger partial charge in [0.25, 0.3) is 0 Å². The van der Waals surface area contributed by atoms with E-state index in [0.29, 0.717) is 19.0 Å². The van der Waals surface area contributed by atoms with E-state index in [4.69, 9.17) is 4.74 Å². The van der Waals surface area contributed by atoms with Gasteiger partial charge in [-0.3, -0.25) is 0 Å². The van der Waals surface area contributed by atoms with E-state index < -0.39 is 5.60 Å². The molecule has 1 aliphatic rings. The molecule has 3 aromatic rings. The molecule has 1 heterocycles. The number of carbonyl (C=O) groups is 1. The fourth-order valence-corrected chi connectivity index (χ4v) is 4.96. The molecule has 4 rings (SSSR count). The van der Waals surface area contributed by atoms with E-state index in [9.17, 15) is 4.79 Å². The average molecular weight is 442 g/mol. The summed E-state index contributed by atoms with van der Waals surface area (Å²) >= 11 is 0. The Bertz CT molecular complexity index is 1110. The second-order valence-electron chi connectivity index (χ2n) is 10.3. The first-order valence-corrected chi connectivity index (χ1v) is 11.9. The molecule has 1 saturated heterocycles. The quantitative estimate of drug-likeness (QED) is 0.422. The van der Waals surface area contributed by atoms with E-state index in [1.54, 1.807) is 0 Å². The normalized spacial score (nSPS) is 18.8. The van der Waals surface area contributed by atoms with Crippen LogP contribution in [0.5, 0.6) is 0 Å². The first-order valence-electron chi connectivity index (χ1n) is 11.9. The molecule has 0 aromatic heterocycles. The third-order valence-corrected chi connectivity index (χ3v) is 6.48. The Hall–Kier alpha value is -3.07. The highest BCUT2D eigenvalue weighted by molar-refractivity contribution is 5.70. The number of hydrogen-bond acceptors (Lipinski definition) is 2. The van der Waals surface area contributed by atoms with E-state index >= 15 is 0 Å². The highest BCUT2D eigenvalue weighted by atomic mass is 16.6. The summed E-state index contributed by atoms with van der Waals surface area (Å²) in [5.74, 6) is 0.563. The minimum absolute atomic E-state index is 0.205. The molecule has 0 bridgehead atoms. The number of carbonyl (C=O) groups excluding carboxylic acids is 1. The zero-order valence-corrected chi connectivity index (χ0v) is 20.5. The van der Waals surface area contributed by atoms with E-state index in [-0.39, 0.29) is 12.0 Å². The van der Waals surface area contributed by atoms with E-state index in [1.165, 1.54) is 33.4 Å². The number of benzene rings is 3. The third kappa shape index (κ3) is 5.47. The minimum atomic E-state index is -0.496. The molecule has 1 amide bonds. The van der Waals surface area contributed by atoms with Crippen LogP contribution in [0.25, 0.3) is 11.1 Å². The molecule has 3 aromatic carbocycles. The van der Waals surface area contributed by atoms with Crippen molar-refractivity contribution in [2.45, 2.75) is 58.5 Å². The summed E-state index contributed by atoms with van der Waals surface area (Å²) in [7, 11) is 0. The maximum atomic E-state index is 12.9. The van der Waals surface area contributed by atoms with Gasteiger partial charge < -0.3 is 9.64 Å². The fourth-order valence-electron chi connectivity index (χ4n) is 4.96. The Kier molecular flexibility index (Phi) is 6.60. The molecule has 1 fully saturated rings. The average Bonchev–Trinajstić information content (AvgIpc) is 2.78. The lowest BCUT2D eigenvalue weighted by Gasteiger charge is -2.40. The second kappa shape index (κ2) is 9.43. The summed E-state index contributed by atoms with van der Waals surface area (Å²) in [6, 6.07) is 26.2. The molecular formula is C30H35NO2. The summed E-state index contributed by atoms with van der Waals surface area (Å²) in [5, 5.41) is 0. The summed E-state index contributed by atoms with van der Waals surface area (Å²) in [4.78, 5) is 14.8. The minimum Gasteiger partial charge on any atom is -0.444 e. The van der Waals surface area contributed by atoms with Crippen LogP contribution in [-0.4, -0.2) is 29.7 Å². The zero-order valence-electron chi connectivity index (χ0n) is 20.5. The lowest BCUT2D eigenvalue weighted by molar-refractivity contribution is 0.0184. The maximum Gasteiger partial charge on any atom is 0.410 e. The van der Waals surface area contributed by atoms with Crippen LogP contribution in [0.3, 0.4) is 0 Å².